The number of amides is 2. The number of halogens is 1. The van der Waals surface area contributed by atoms with Crippen LogP contribution in [0.3, 0.4) is 0 Å². The Morgan fingerprint density at radius 2 is 2.00 bits per heavy atom. The number of carbonyl (C=O) groups is 2. The van der Waals surface area contributed by atoms with E-state index in [1.807, 2.05) is 32.0 Å². The maximum absolute atomic E-state index is 12.0. The van der Waals surface area contributed by atoms with Crippen molar-refractivity contribution in [3.8, 4) is 0 Å². The molecule has 0 spiro atoms. The number of nitrogens with one attached hydrogen (secondary N) is 2. The van der Waals surface area contributed by atoms with Gasteiger partial charge < -0.3 is 10.6 Å². The van der Waals surface area contributed by atoms with Crippen molar-refractivity contribution in [1.82, 2.24) is 0 Å². The summed E-state index contributed by atoms with van der Waals surface area (Å²) in [6, 6.07) is 12.7. The van der Waals surface area contributed by atoms with Gasteiger partial charge in [0, 0.05) is 22.5 Å². The molecule has 0 aromatic heterocycles. The highest BCUT2D eigenvalue weighted by molar-refractivity contribution is 6.30. The molecule has 2 aromatic rings. The first kappa shape index (κ1) is 16.3. The van der Waals surface area contributed by atoms with Crippen molar-refractivity contribution in [3.63, 3.8) is 0 Å². The van der Waals surface area contributed by atoms with Crippen molar-refractivity contribution < 1.29 is 9.59 Å². The Balaban J connectivity index is 1.72. The van der Waals surface area contributed by atoms with Gasteiger partial charge >= 0.3 is 0 Å². The van der Waals surface area contributed by atoms with Gasteiger partial charge in [0.1, 0.15) is 0 Å². The molecular formula is C19H17ClN2O2. The summed E-state index contributed by atoms with van der Waals surface area (Å²) in [5.74, 6) is -0.291. The van der Waals surface area contributed by atoms with E-state index < -0.39 is 5.41 Å². The molecule has 0 radical (unpaired) electrons. The average molecular weight is 341 g/mol. The summed E-state index contributed by atoms with van der Waals surface area (Å²) in [6.45, 7) is 3.75. The van der Waals surface area contributed by atoms with E-state index in [9.17, 15) is 9.59 Å². The molecule has 1 heterocycles. The molecule has 4 nitrogen and oxygen atoms in total. The lowest BCUT2D eigenvalue weighted by Gasteiger charge is -2.15. The summed E-state index contributed by atoms with van der Waals surface area (Å²) in [5.41, 5.74) is 2.60. The van der Waals surface area contributed by atoms with E-state index in [-0.39, 0.29) is 11.8 Å². The first-order valence-electron chi connectivity index (χ1n) is 7.57. The number of fused-ring (bicyclic) bond motifs is 1. The molecule has 3 rings (SSSR count). The molecule has 122 valence electrons. The summed E-state index contributed by atoms with van der Waals surface area (Å²) in [5, 5.41) is 6.25. The van der Waals surface area contributed by atoms with Crippen LogP contribution in [0.4, 0.5) is 11.4 Å². The van der Waals surface area contributed by atoms with Gasteiger partial charge in [-0.25, -0.2) is 0 Å². The highest BCUT2D eigenvalue weighted by Crippen LogP contribution is 2.38. The van der Waals surface area contributed by atoms with Crippen molar-refractivity contribution >= 4 is 40.9 Å². The molecule has 0 unspecified atom stereocenters. The molecule has 2 amide bonds. The molecule has 2 aromatic carbocycles. The van der Waals surface area contributed by atoms with Gasteiger partial charge in [0.2, 0.25) is 11.8 Å². The first-order valence-corrected chi connectivity index (χ1v) is 7.95. The van der Waals surface area contributed by atoms with Crippen LogP contribution in [-0.4, -0.2) is 11.8 Å². The second-order valence-electron chi connectivity index (χ2n) is 6.22. The number of benzene rings is 2. The monoisotopic (exact) mass is 340 g/mol. The lowest BCUT2D eigenvalue weighted by atomic mass is 9.86. The smallest absolute Gasteiger partial charge is 0.248 e. The van der Waals surface area contributed by atoms with Crippen LogP contribution in [0.1, 0.15) is 25.0 Å². The van der Waals surface area contributed by atoms with Crippen molar-refractivity contribution in [2.75, 3.05) is 10.6 Å². The minimum absolute atomic E-state index is 0.0400. The molecule has 1 aliphatic rings. The number of hydrogen-bond acceptors (Lipinski definition) is 2. The van der Waals surface area contributed by atoms with Gasteiger partial charge in [-0.15, -0.1) is 0 Å². The van der Waals surface area contributed by atoms with Gasteiger partial charge in [-0.05, 0) is 55.3 Å². The van der Waals surface area contributed by atoms with E-state index in [0.29, 0.717) is 10.7 Å². The summed E-state index contributed by atoms with van der Waals surface area (Å²) in [4.78, 5) is 24.0. The molecule has 1 aliphatic heterocycles. The SMILES string of the molecule is CC1(C)C(=O)Nc2cc(NC(=O)C=Cc3cccc(Cl)c3)ccc21. The van der Waals surface area contributed by atoms with Crippen molar-refractivity contribution in [2.45, 2.75) is 19.3 Å². The highest BCUT2D eigenvalue weighted by Gasteiger charge is 2.38. The third-order valence-electron chi connectivity index (χ3n) is 4.05. The molecule has 0 saturated heterocycles. The molecule has 0 atom stereocenters. The first-order chi connectivity index (χ1) is 11.4. The zero-order chi connectivity index (χ0) is 17.3. The van der Waals surface area contributed by atoms with Gasteiger partial charge in [0.15, 0.2) is 0 Å². The fourth-order valence-corrected chi connectivity index (χ4v) is 2.84. The number of hydrogen-bond donors (Lipinski definition) is 2. The molecule has 0 aliphatic carbocycles. The van der Waals surface area contributed by atoms with Gasteiger partial charge in [0.25, 0.3) is 0 Å². The van der Waals surface area contributed by atoms with Crippen LogP contribution >= 0.6 is 11.6 Å². The van der Waals surface area contributed by atoms with Crippen LogP contribution in [-0.2, 0) is 15.0 Å². The van der Waals surface area contributed by atoms with Crippen LogP contribution < -0.4 is 10.6 Å². The third-order valence-corrected chi connectivity index (χ3v) is 4.29. The van der Waals surface area contributed by atoms with E-state index in [4.69, 9.17) is 11.6 Å². The van der Waals surface area contributed by atoms with E-state index in [0.717, 1.165) is 16.8 Å². The normalized spacial score (nSPS) is 15.2. The molecule has 24 heavy (non-hydrogen) atoms. The Kier molecular flexibility index (Phi) is 4.16. The lowest BCUT2D eigenvalue weighted by Crippen LogP contribution is -2.26. The average Bonchev–Trinajstić information content (AvgIpc) is 2.75. The third kappa shape index (κ3) is 3.19. The van der Waals surface area contributed by atoms with Gasteiger partial charge in [-0.1, -0.05) is 29.8 Å². The van der Waals surface area contributed by atoms with Crippen molar-refractivity contribution in [3.05, 3.63) is 64.7 Å². The quantitative estimate of drug-likeness (QED) is 0.822. The van der Waals surface area contributed by atoms with E-state index in [1.54, 1.807) is 30.3 Å². The zero-order valence-corrected chi connectivity index (χ0v) is 14.1. The van der Waals surface area contributed by atoms with E-state index in [2.05, 4.69) is 10.6 Å². The molecule has 0 saturated carbocycles. The Morgan fingerprint density at radius 3 is 2.75 bits per heavy atom. The topological polar surface area (TPSA) is 58.2 Å². The van der Waals surface area contributed by atoms with Crippen LogP contribution in [0.15, 0.2) is 48.5 Å². The maximum atomic E-state index is 12.0. The van der Waals surface area contributed by atoms with Gasteiger partial charge in [0.05, 0.1) is 5.41 Å². The fourth-order valence-electron chi connectivity index (χ4n) is 2.64. The predicted molar refractivity (Wildman–Crippen MR) is 97.2 cm³/mol. The minimum Gasteiger partial charge on any atom is -0.325 e. The van der Waals surface area contributed by atoms with Crippen LogP contribution in [0, 0.1) is 0 Å². The Bertz CT molecular complexity index is 856. The Morgan fingerprint density at radius 1 is 1.21 bits per heavy atom. The predicted octanol–water partition coefficient (Wildman–Crippen LogP) is 4.22. The molecule has 2 N–H and O–H groups in total. The van der Waals surface area contributed by atoms with Crippen LogP contribution in [0.2, 0.25) is 5.02 Å². The number of anilines is 2. The Labute approximate surface area is 145 Å². The largest absolute Gasteiger partial charge is 0.325 e. The maximum Gasteiger partial charge on any atom is 0.248 e. The van der Waals surface area contributed by atoms with Gasteiger partial charge in [-0.3, -0.25) is 9.59 Å². The minimum atomic E-state index is -0.551. The zero-order valence-electron chi connectivity index (χ0n) is 13.4. The Hall–Kier alpha value is -2.59. The molecule has 0 fully saturated rings. The van der Waals surface area contributed by atoms with E-state index in [1.165, 1.54) is 6.08 Å². The summed E-state index contributed by atoms with van der Waals surface area (Å²) in [6.07, 6.45) is 3.14. The van der Waals surface area contributed by atoms with Gasteiger partial charge in [-0.2, -0.15) is 0 Å². The van der Waals surface area contributed by atoms with Crippen molar-refractivity contribution in [1.29, 1.82) is 0 Å². The standard InChI is InChI=1S/C19H17ClN2O2/c1-19(2)15-8-7-14(11-16(15)22-18(19)24)21-17(23)9-6-12-4-3-5-13(20)10-12/h3-11H,1-2H3,(H,21,23)(H,22,24). The van der Waals surface area contributed by atoms with Crippen LogP contribution in [0.25, 0.3) is 6.08 Å². The molecular weight excluding hydrogens is 324 g/mol. The van der Waals surface area contributed by atoms with E-state index >= 15 is 0 Å². The second-order valence-corrected chi connectivity index (χ2v) is 6.65. The molecule has 0 bridgehead atoms. The van der Waals surface area contributed by atoms with Crippen LogP contribution in [0.5, 0.6) is 0 Å². The molecule has 5 heteroatoms. The summed E-state index contributed by atoms with van der Waals surface area (Å²) >= 11 is 5.91. The summed E-state index contributed by atoms with van der Waals surface area (Å²) < 4.78 is 0. The number of rotatable bonds is 3. The number of carbonyl (C=O) groups excluding carboxylic acids is 2. The summed E-state index contributed by atoms with van der Waals surface area (Å²) in [7, 11) is 0. The highest BCUT2D eigenvalue weighted by atomic mass is 35.5. The fraction of sp³-hybridized carbons (Fsp3) is 0.158. The lowest BCUT2D eigenvalue weighted by molar-refractivity contribution is -0.119. The second kappa shape index (κ2) is 6.13. The van der Waals surface area contributed by atoms with Crippen molar-refractivity contribution in [2.24, 2.45) is 0 Å².